The van der Waals surface area contributed by atoms with Gasteiger partial charge >= 0.3 is 0 Å². The maximum Gasteiger partial charge on any atom is 0.247 e. The van der Waals surface area contributed by atoms with Gasteiger partial charge in [-0.1, -0.05) is 63.6 Å². The Morgan fingerprint density at radius 2 is 1.73 bits per heavy atom. The molecule has 0 aliphatic heterocycles. The molecule has 0 saturated carbocycles. The van der Waals surface area contributed by atoms with Crippen molar-refractivity contribution in [2.45, 2.75) is 51.9 Å². The second-order valence-corrected chi connectivity index (χ2v) is 8.29. The summed E-state index contributed by atoms with van der Waals surface area (Å²) in [6, 6.07) is 7.69. The van der Waals surface area contributed by atoms with Crippen LogP contribution < -0.4 is 4.83 Å². The lowest BCUT2D eigenvalue weighted by atomic mass is 10.1. The summed E-state index contributed by atoms with van der Waals surface area (Å²) in [5, 5.41) is 3.85. The maximum absolute atomic E-state index is 11.8. The molecule has 6 heteroatoms. The first kappa shape index (κ1) is 19.4. The predicted molar refractivity (Wildman–Crippen MR) is 102 cm³/mol. The van der Waals surface area contributed by atoms with E-state index < -0.39 is 10.0 Å². The van der Waals surface area contributed by atoms with E-state index >= 15 is 0 Å². The Morgan fingerprint density at radius 1 is 1.09 bits per heavy atom. The summed E-state index contributed by atoms with van der Waals surface area (Å²) in [5.74, 6) is 0.143. The largest absolute Gasteiger partial charge is 0.247 e. The molecule has 1 aromatic carbocycles. The van der Waals surface area contributed by atoms with E-state index in [0.717, 1.165) is 22.0 Å². The molecule has 0 unspecified atom stereocenters. The van der Waals surface area contributed by atoms with Crippen LogP contribution in [0.5, 0.6) is 0 Å². The van der Waals surface area contributed by atoms with Gasteiger partial charge in [-0.3, -0.25) is 0 Å². The summed E-state index contributed by atoms with van der Waals surface area (Å²) in [6.45, 7) is 2.19. The van der Waals surface area contributed by atoms with Crippen molar-refractivity contribution < 1.29 is 8.42 Å². The zero-order valence-electron chi connectivity index (χ0n) is 13.1. The van der Waals surface area contributed by atoms with Crippen LogP contribution in [-0.2, 0) is 10.0 Å². The molecule has 0 amide bonds. The van der Waals surface area contributed by atoms with Gasteiger partial charge in [-0.15, -0.1) is 0 Å². The average Bonchev–Trinajstić information content (AvgIpc) is 2.48. The summed E-state index contributed by atoms with van der Waals surface area (Å²) in [4.78, 5) is 2.28. The van der Waals surface area contributed by atoms with Crippen LogP contribution in [0.4, 0.5) is 0 Å². The van der Waals surface area contributed by atoms with E-state index in [1.807, 2.05) is 24.3 Å². The molecule has 0 aliphatic carbocycles. The van der Waals surface area contributed by atoms with Crippen molar-refractivity contribution in [3.63, 3.8) is 0 Å². The van der Waals surface area contributed by atoms with Gasteiger partial charge in [0, 0.05) is 9.13 Å². The van der Waals surface area contributed by atoms with Crippen molar-refractivity contribution in [3.05, 3.63) is 33.4 Å². The quantitative estimate of drug-likeness (QED) is 0.244. The minimum absolute atomic E-state index is 0.143. The second-order valence-electron chi connectivity index (χ2n) is 5.31. The van der Waals surface area contributed by atoms with Crippen LogP contribution in [0.15, 0.2) is 29.4 Å². The Hall–Kier alpha value is -0.630. The molecule has 0 spiro atoms. The van der Waals surface area contributed by atoms with Gasteiger partial charge in [0.05, 0.1) is 12.0 Å². The van der Waals surface area contributed by atoms with E-state index in [1.54, 1.807) is 6.21 Å². The van der Waals surface area contributed by atoms with Crippen LogP contribution in [0.25, 0.3) is 0 Å². The molecular weight excluding hydrogens is 411 g/mol. The molecule has 22 heavy (non-hydrogen) atoms. The van der Waals surface area contributed by atoms with E-state index in [9.17, 15) is 8.42 Å². The molecule has 1 aromatic rings. The molecule has 124 valence electrons. The number of nitrogens with zero attached hydrogens (tertiary/aromatic N) is 1. The highest BCUT2D eigenvalue weighted by Crippen LogP contribution is 2.09. The molecule has 0 fully saturated rings. The van der Waals surface area contributed by atoms with Gasteiger partial charge in [-0.25, -0.2) is 13.2 Å². The monoisotopic (exact) mass is 436 g/mol. The number of rotatable bonds is 11. The van der Waals surface area contributed by atoms with E-state index in [2.05, 4.69) is 39.4 Å². The zero-order valence-corrected chi connectivity index (χ0v) is 16.1. The van der Waals surface area contributed by atoms with Crippen molar-refractivity contribution in [3.8, 4) is 0 Å². The summed E-state index contributed by atoms with van der Waals surface area (Å²) in [6.07, 6.45) is 9.27. The summed E-state index contributed by atoms with van der Waals surface area (Å²) in [5.41, 5.74) is 0.904. The number of sulfonamides is 1. The minimum Gasteiger partial charge on any atom is -0.205 e. The smallest absolute Gasteiger partial charge is 0.205 e. The van der Waals surface area contributed by atoms with E-state index in [1.165, 1.54) is 25.7 Å². The first-order valence-electron chi connectivity index (χ1n) is 7.82. The number of hydrogen-bond acceptors (Lipinski definition) is 3. The van der Waals surface area contributed by atoms with Crippen molar-refractivity contribution in [2.24, 2.45) is 5.10 Å². The molecule has 0 aromatic heterocycles. The van der Waals surface area contributed by atoms with Gasteiger partial charge in [0.2, 0.25) is 10.0 Å². The van der Waals surface area contributed by atoms with Crippen molar-refractivity contribution in [1.82, 2.24) is 4.83 Å². The Morgan fingerprint density at radius 3 is 2.41 bits per heavy atom. The van der Waals surface area contributed by atoms with E-state index in [0.29, 0.717) is 6.42 Å². The first-order valence-corrected chi connectivity index (χ1v) is 10.6. The Bertz CT molecular complexity index is 559. The number of hydrazone groups is 1. The summed E-state index contributed by atoms with van der Waals surface area (Å²) < 4.78 is 24.7. The first-order chi connectivity index (χ1) is 10.5. The Balaban J connectivity index is 2.25. The minimum atomic E-state index is -3.31. The fourth-order valence-electron chi connectivity index (χ4n) is 2.05. The molecule has 0 bridgehead atoms. The van der Waals surface area contributed by atoms with Gasteiger partial charge in [-0.05, 0) is 35.1 Å². The van der Waals surface area contributed by atoms with Gasteiger partial charge in [0.15, 0.2) is 0 Å². The molecule has 0 radical (unpaired) electrons. The number of hydrogen-bond donors (Lipinski definition) is 1. The van der Waals surface area contributed by atoms with Gasteiger partial charge in [-0.2, -0.15) is 5.10 Å². The average molecular weight is 436 g/mol. The van der Waals surface area contributed by atoms with Crippen molar-refractivity contribution in [2.75, 3.05) is 5.75 Å². The SMILES string of the molecule is CCCCCCCCCS(=O)(=O)NN=Cc1ccccc1I. The lowest BCUT2D eigenvalue weighted by molar-refractivity contribution is 0.570. The molecule has 0 aliphatic rings. The van der Waals surface area contributed by atoms with E-state index in [-0.39, 0.29) is 5.75 Å². The van der Waals surface area contributed by atoms with Crippen molar-refractivity contribution >= 4 is 38.8 Å². The number of halogens is 1. The number of nitrogens with one attached hydrogen (secondary N) is 1. The predicted octanol–water partition coefficient (Wildman–Crippen LogP) is 4.30. The highest BCUT2D eigenvalue weighted by Gasteiger charge is 2.07. The standard InChI is InChI=1S/C16H25IN2O2S/c1-2-3-4-5-6-7-10-13-22(20,21)19-18-14-15-11-8-9-12-16(15)17/h8-9,11-12,14,19H,2-7,10,13H2,1H3. The van der Waals surface area contributed by atoms with Crippen LogP contribution in [0.1, 0.15) is 57.4 Å². The highest BCUT2D eigenvalue weighted by atomic mass is 127. The molecule has 0 saturated heterocycles. The van der Waals surface area contributed by atoms with Crippen LogP contribution in [-0.4, -0.2) is 20.4 Å². The lowest BCUT2D eigenvalue weighted by Crippen LogP contribution is -2.21. The molecule has 4 nitrogen and oxygen atoms in total. The van der Waals surface area contributed by atoms with Crippen LogP contribution in [0, 0.1) is 3.57 Å². The normalized spacial score (nSPS) is 11.9. The molecule has 1 N–H and O–H groups in total. The Labute approximate surface area is 148 Å². The topological polar surface area (TPSA) is 58.5 Å². The molecule has 0 atom stereocenters. The van der Waals surface area contributed by atoms with Crippen LogP contribution >= 0.6 is 22.6 Å². The van der Waals surface area contributed by atoms with Crippen molar-refractivity contribution in [1.29, 1.82) is 0 Å². The highest BCUT2D eigenvalue weighted by molar-refractivity contribution is 14.1. The third-order valence-corrected chi connectivity index (χ3v) is 5.51. The molecule has 1 rings (SSSR count). The Kier molecular flexibility index (Phi) is 9.70. The third-order valence-electron chi connectivity index (χ3n) is 3.32. The van der Waals surface area contributed by atoms with Gasteiger partial charge < -0.3 is 0 Å². The molecule has 0 heterocycles. The van der Waals surface area contributed by atoms with E-state index in [4.69, 9.17) is 0 Å². The van der Waals surface area contributed by atoms with Crippen LogP contribution in [0.3, 0.4) is 0 Å². The summed E-state index contributed by atoms with van der Waals surface area (Å²) >= 11 is 2.19. The lowest BCUT2D eigenvalue weighted by Gasteiger charge is -2.04. The van der Waals surface area contributed by atoms with Gasteiger partial charge in [0.1, 0.15) is 0 Å². The fourth-order valence-corrected chi connectivity index (χ4v) is 3.47. The van der Waals surface area contributed by atoms with Crippen LogP contribution in [0.2, 0.25) is 0 Å². The third kappa shape index (κ3) is 8.73. The number of benzene rings is 1. The van der Waals surface area contributed by atoms with Gasteiger partial charge in [0.25, 0.3) is 0 Å². The molecular formula is C16H25IN2O2S. The fraction of sp³-hybridized carbons (Fsp3) is 0.562. The second kappa shape index (κ2) is 11.0. The number of unbranched alkanes of at least 4 members (excludes halogenated alkanes) is 6. The summed E-state index contributed by atoms with van der Waals surface area (Å²) in [7, 11) is -3.31. The zero-order chi connectivity index (χ0) is 16.3. The maximum atomic E-state index is 11.8.